The van der Waals surface area contributed by atoms with Crippen molar-refractivity contribution in [2.45, 2.75) is 72.8 Å². The summed E-state index contributed by atoms with van der Waals surface area (Å²) < 4.78 is 0. The van der Waals surface area contributed by atoms with Gasteiger partial charge in [-0.2, -0.15) is 0 Å². The first kappa shape index (κ1) is 19.1. The van der Waals surface area contributed by atoms with Crippen LogP contribution < -0.4 is 0 Å². The molecule has 0 aromatic carbocycles. The molecule has 0 spiro atoms. The molecule has 1 N–H and O–H groups in total. The minimum absolute atomic E-state index is 0.0756. The zero-order valence-corrected chi connectivity index (χ0v) is 17.4. The van der Waals surface area contributed by atoms with Crippen LogP contribution in [0, 0.1) is 39.9 Å². The molecule has 148 valence electrons. The second-order valence-electron chi connectivity index (χ2n) is 10.3. The summed E-state index contributed by atoms with van der Waals surface area (Å²) in [5.74, 6) is 1.80. The zero-order chi connectivity index (χ0) is 19.8. The fourth-order valence-electron chi connectivity index (χ4n) is 7.84. The van der Waals surface area contributed by atoms with Crippen LogP contribution in [-0.4, -0.2) is 22.8 Å². The number of hydrogen-bond acceptors (Lipinski definition) is 3. The number of allylic oxidation sites excluding steroid dienone is 4. The average molecular weight is 371 g/mol. The molecule has 0 saturated heterocycles. The molecular weight excluding hydrogens is 336 g/mol. The lowest BCUT2D eigenvalue weighted by Crippen LogP contribution is -2.58. The molecule has 8 atom stereocenters. The van der Waals surface area contributed by atoms with Crippen LogP contribution >= 0.6 is 0 Å². The number of fused-ring (bicyclic) bond motifs is 5. The van der Waals surface area contributed by atoms with E-state index in [9.17, 15) is 14.7 Å². The molecule has 0 radical (unpaired) electrons. The van der Waals surface area contributed by atoms with Crippen molar-refractivity contribution in [3.63, 3.8) is 0 Å². The van der Waals surface area contributed by atoms with Gasteiger partial charge in [-0.05, 0) is 61.0 Å². The van der Waals surface area contributed by atoms with Gasteiger partial charge in [-0.1, -0.05) is 46.3 Å². The number of hydrogen-bond donors (Lipinski definition) is 1. The predicted octanol–water partition coefficient (Wildman–Crippen LogP) is 4.50. The van der Waals surface area contributed by atoms with Crippen LogP contribution in [0.1, 0.15) is 66.7 Å². The Balaban J connectivity index is 1.78. The van der Waals surface area contributed by atoms with Gasteiger partial charge >= 0.3 is 0 Å². The van der Waals surface area contributed by atoms with Gasteiger partial charge in [0.15, 0.2) is 5.78 Å². The van der Waals surface area contributed by atoms with Crippen molar-refractivity contribution in [2.24, 2.45) is 39.9 Å². The van der Waals surface area contributed by atoms with E-state index < -0.39 is 6.10 Å². The molecule has 3 saturated carbocycles. The highest BCUT2D eigenvalue weighted by atomic mass is 16.3. The monoisotopic (exact) mass is 370 g/mol. The number of aliphatic hydroxyl groups excluding tert-OH is 1. The Hall–Kier alpha value is -1.22. The molecule has 0 aromatic heterocycles. The zero-order valence-electron chi connectivity index (χ0n) is 17.4. The molecule has 0 heterocycles. The molecule has 2 unspecified atom stereocenters. The van der Waals surface area contributed by atoms with E-state index in [1.54, 1.807) is 12.2 Å². The maximum absolute atomic E-state index is 13.1. The van der Waals surface area contributed by atoms with E-state index in [1.165, 1.54) is 5.57 Å². The van der Waals surface area contributed by atoms with Gasteiger partial charge in [0.1, 0.15) is 5.78 Å². The SMILES string of the molecule is CCC(=O)[C@@]1(C)[C@H](C)CC2[C@@H]3CCC4=CC(=O)C=C[C@]4(C)C3[C@@H](O)C[C@@]21C. The van der Waals surface area contributed by atoms with Gasteiger partial charge in [0.2, 0.25) is 0 Å². The van der Waals surface area contributed by atoms with E-state index >= 15 is 0 Å². The second kappa shape index (κ2) is 5.89. The van der Waals surface area contributed by atoms with Gasteiger partial charge in [-0.25, -0.2) is 0 Å². The van der Waals surface area contributed by atoms with Crippen molar-refractivity contribution < 1.29 is 14.7 Å². The molecule has 3 heteroatoms. The normalized spacial score (nSPS) is 51.3. The molecule has 27 heavy (non-hydrogen) atoms. The third-order valence-corrected chi connectivity index (χ3v) is 9.57. The summed E-state index contributed by atoms with van der Waals surface area (Å²) in [7, 11) is 0. The largest absolute Gasteiger partial charge is 0.393 e. The first-order chi connectivity index (χ1) is 12.6. The van der Waals surface area contributed by atoms with Crippen LogP contribution in [0.25, 0.3) is 0 Å². The van der Waals surface area contributed by atoms with Gasteiger partial charge in [0, 0.05) is 23.2 Å². The van der Waals surface area contributed by atoms with E-state index in [-0.39, 0.29) is 27.9 Å². The van der Waals surface area contributed by atoms with E-state index in [0.29, 0.717) is 36.4 Å². The summed E-state index contributed by atoms with van der Waals surface area (Å²) in [4.78, 5) is 25.0. The van der Waals surface area contributed by atoms with Crippen LogP contribution in [0.4, 0.5) is 0 Å². The molecule has 3 nitrogen and oxygen atoms in total. The summed E-state index contributed by atoms with van der Waals surface area (Å²) >= 11 is 0. The highest BCUT2D eigenvalue weighted by molar-refractivity contribution is 6.01. The van der Waals surface area contributed by atoms with Crippen molar-refractivity contribution in [2.75, 3.05) is 0 Å². The number of ketones is 2. The third-order valence-electron chi connectivity index (χ3n) is 9.57. The Morgan fingerprint density at radius 1 is 1.30 bits per heavy atom. The van der Waals surface area contributed by atoms with Crippen molar-refractivity contribution in [1.82, 2.24) is 0 Å². The Kier molecular flexibility index (Phi) is 4.17. The van der Waals surface area contributed by atoms with Gasteiger partial charge in [0.25, 0.3) is 0 Å². The molecule has 4 aliphatic rings. The fourth-order valence-corrected chi connectivity index (χ4v) is 7.84. The Morgan fingerprint density at radius 2 is 2.00 bits per heavy atom. The van der Waals surface area contributed by atoms with Gasteiger partial charge < -0.3 is 5.11 Å². The van der Waals surface area contributed by atoms with Crippen molar-refractivity contribution in [1.29, 1.82) is 0 Å². The van der Waals surface area contributed by atoms with E-state index in [1.807, 2.05) is 6.92 Å². The molecular formula is C24H34O3. The van der Waals surface area contributed by atoms with Crippen LogP contribution in [0.15, 0.2) is 23.8 Å². The van der Waals surface area contributed by atoms with E-state index in [4.69, 9.17) is 0 Å². The Bertz CT molecular complexity index is 749. The number of rotatable bonds is 2. The molecule has 3 fully saturated rings. The van der Waals surface area contributed by atoms with Crippen LogP contribution in [0.5, 0.6) is 0 Å². The third kappa shape index (κ3) is 2.24. The number of aliphatic hydroxyl groups is 1. The number of carbonyl (C=O) groups excluding carboxylic acids is 2. The van der Waals surface area contributed by atoms with Crippen LogP contribution in [0.2, 0.25) is 0 Å². The fraction of sp³-hybridized carbons (Fsp3) is 0.750. The molecule has 4 rings (SSSR count). The first-order valence-electron chi connectivity index (χ1n) is 10.7. The van der Waals surface area contributed by atoms with E-state index in [2.05, 4.69) is 33.8 Å². The summed E-state index contributed by atoms with van der Waals surface area (Å²) in [6.07, 6.45) is 9.41. The van der Waals surface area contributed by atoms with Crippen LogP contribution in [0.3, 0.4) is 0 Å². The number of Topliss-reactive ketones (excluding diaryl/α,β-unsaturated/α-hetero) is 1. The average Bonchev–Trinajstić information content (AvgIpc) is 2.82. The highest BCUT2D eigenvalue weighted by Gasteiger charge is 2.68. The molecule has 0 bridgehead atoms. The number of carbonyl (C=O) groups is 2. The molecule has 0 aromatic rings. The lowest BCUT2D eigenvalue weighted by molar-refractivity contribution is -0.155. The van der Waals surface area contributed by atoms with Gasteiger partial charge in [0.05, 0.1) is 6.10 Å². The molecule has 0 amide bonds. The predicted molar refractivity (Wildman–Crippen MR) is 106 cm³/mol. The van der Waals surface area contributed by atoms with Crippen molar-refractivity contribution >= 4 is 11.6 Å². The Labute approximate surface area is 163 Å². The molecule has 0 aliphatic heterocycles. The standard InChI is InChI=1S/C24H34O3/c1-6-20(27)24(5)14(2)11-18-17-8-7-15-12-16(25)9-10-22(15,3)21(17)19(26)13-23(18,24)4/h9-10,12,14,17-19,21,26H,6-8,11,13H2,1-5H3/t14-,17+,18?,19+,21?,22+,23+,24-/m1/s1. The minimum Gasteiger partial charge on any atom is -0.393 e. The lowest BCUT2D eigenvalue weighted by atomic mass is 9.44. The highest BCUT2D eigenvalue weighted by Crippen LogP contribution is 2.71. The molecule has 4 aliphatic carbocycles. The van der Waals surface area contributed by atoms with E-state index in [0.717, 1.165) is 19.3 Å². The smallest absolute Gasteiger partial charge is 0.178 e. The van der Waals surface area contributed by atoms with Crippen molar-refractivity contribution in [3.8, 4) is 0 Å². The summed E-state index contributed by atoms with van der Waals surface area (Å²) in [6.45, 7) is 10.9. The van der Waals surface area contributed by atoms with Gasteiger partial charge in [-0.15, -0.1) is 0 Å². The second-order valence-corrected chi connectivity index (χ2v) is 10.3. The maximum Gasteiger partial charge on any atom is 0.178 e. The maximum atomic E-state index is 13.1. The quantitative estimate of drug-likeness (QED) is 0.779. The summed E-state index contributed by atoms with van der Waals surface area (Å²) in [6, 6.07) is 0. The summed E-state index contributed by atoms with van der Waals surface area (Å²) in [5.41, 5.74) is 0.464. The van der Waals surface area contributed by atoms with Gasteiger partial charge in [-0.3, -0.25) is 9.59 Å². The summed E-state index contributed by atoms with van der Waals surface area (Å²) in [5, 5.41) is 11.4. The topological polar surface area (TPSA) is 54.4 Å². The van der Waals surface area contributed by atoms with Crippen molar-refractivity contribution in [3.05, 3.63) is 23.8 Å². The lowest BCUT2D eigenvalue weighted by Gasteiger charge is -2.60. The van der Waals surface area contributed by atoms with Crippen LogP contribution in [-0.2, 0) is 9.59 Å². The Morgan fingerprint density at radius 3 is 2.67 bits per heavy atom. The minimum atomic E-state index is -0.433. The first-order valence-corrected chi connectivity index (χ1v) is 10.7.